The topological polar surface area (TPSA) is 61.8 Å². The predicted octanol–water partition coefficient (Wildman–Crippen LogP) is 4.28. The summed E-state index contributed by atoms with van der Waals surface area (Å²) in [6, 6.07) is 13.1. The van der Waals surface area contributed by atoms with Gasteiger partial charge in [-0.05, 0) is 30.2 Å². The number of aryl methyl sites for hydroxylation is 1. The van der Waals surface area contributed by atoms with Crippen molar-refractivity contribution in [3.05, 3.63) is 89.7 Å². The summed E-state index contributed by atoms with van der Waals surface area (Å²) in [7, 11) is 0. The van der Waals surface area contributed by atoms with Crippen LogP contribution in [0, 0.1) is 6.92 Å². The minimum absolute atomic E-state index is 0.133. The van der Waals surface area contributed by atoms with Crippen LogP contribution in [0.3, 0.4) is 0 Å². The average Bonchev–Trinajstić information content (AvgIpc) is 3.01. The van der Waals surface area contributed by atoms with Crippen molar-refractivity contribution < 1.29 is 23.8 Å². The van der Waals surface area contributed by atoms with E-state index in [1.807, 2.05) is 36.4 Å². The molecule has 0 amide bonds. The highest BCUT2D eigenvalue weighted by Crippen LogP contribution is 2.36. The van der Waals surface area contributed by atoms with Gasteiger partial charge in [0.15, 0.2) is 12.4 Å². The molecule has 2 aromatic carbocycles. The maximum atomic E-state index is 12.6. The molecule has 0 aliphatic carbocycles. The molecular weight excluding hydrogens is 356 g/mol. The molecule has 28 heavy (non-hydrogen) atoms. The van der Waals surface area contributed by atoms with Gasteiger partial charge in [0.2, 0.25) is 5.78 Å². The Balaban J connectivity index is 1.71. The van der Waals surface area contributed by atoms with Gasteiger partial charge in [-0.3, -0.25) is 4.79 Å². The monoisotopic (exact) mass is 376 g/mol. The first-order chi connectivity index (χ1) is 13.6. The van der Waals surface area contributed by atoms with E-state index in [0.717, 1.165) is 5.56 Å². The zero-order valence-electron chi connectivity index (χ0n) is 15.5. The van der Waals surface area contributed by atoms with Crippen molar-refractivity contribution in [2.75, 3.05) is 13.2 Å². The van der Waals surface area contributed by atoms with E-state index < -0.39 is 5.97 Å². The summed E-state index contributed by atoms with van der Waals surface area (Å²) in [6.07, 6.45) is 6.79. The Labute approximate surface area is 163 Å². The zero-order valence-corrected chi connectivity index (χ0v) is 15.5. The number of allylic oxidation sites excluding steroid dienone is 3. The SMILES string of the molecule is C=CCOC(=O)COc1cc(C)c2c(c1)O/C(=C\C=C\c1ccccc1)C2=O. The van der Waals surface area contributed by atoms with Gasteiger partial charge in [-0.25, -0.2) is 4.79 Å². The van der Waals surface area contributed by atoms with Crippen LogP contribution in [0.1, 0.15) is 21.5 Å². The van der Waals surface area contributed by atoms with Crippen molar-refractivity contribution in [1.82, 2.24) is 0 Å². The Morgan fingerprint density at radius 1 is 1.21 bits per heavy atom. The number of hydrogen-bond donors (Lipinski definition) is 0. The molecule has 1 aliphatic rings. The van der Waals surface area contributed by atoms with Crippen molar-refractivity contribution in [2.45, 2.75) is 6.92 Å². The summed E-state index contributed by atoms with van der Waals surface area (Å²) >= 11 is 0. The number of fused-ring (bicyclic) bond motifs is 1. The maximum Gasteiger partial charge on any atom is 0.344 e. The molecule has 142 valence electrons. The molecule has 0 saturated carbocycles. The Morgan fingerprint density at radius 3 is 2.75 bits per heavy atom. The molecule has 3 rings (SSSR count). The summed E-state index contributed by atoms with van der Waals surface area (Å²) in [6.45, 7) is 5.17. The third-order valence-electron chi connectivity index (χ3n) is 4.00. The van der Waals surface area contributed by atoms with Crippen LogP contribution in [-0.4, -0.2) is 25.0 Å². The van der Waals surface area contributed by atoms with Crippen molar-refractivity contribution in [2.24, 2.45) is 0 Å². The zero-order chi connectivity index (χ0) is 19.9. The number of esters is 1. The standard InChI is InChI=1S/C23H20O5/c1-3-12-26-21(24)15-27-18-13-16(2)22-20(14-18)28-19(23(22)25)11-7-10-17-8-5-4-6-9-17/h3-11,13-14H,1,12,15H2,2H3/b10-7+,19-11-. The average molecular weight is 376 g/mol. The minimum atomic E-state index is -0.498. The molecule has 0 radical (unpaired) electrons. The van der Waals surface area contributed by atoms with Crippen LogP contribution in [0.5, 0.6) is 11.5 Å². The Hall–Kier alpha value is -3.60. The lowest BCUT2D eigenvalue weighted by molar-refractivity contribution is -0.144. The summed E-state index contributed by atoms with van der Waals surface area (Å²) in [5.74, 6) is 0.413. The first-order valence-electron chi connectivity index (χ1n) is 8.78. The fraction of sp³-hybridized carbons (Fsp3) is 0.130. The van der Waals surface area contributed by atoms with Gasteiger partial charge in [0.25, 0.3) is 0 Å². The lowest BCUT2D eigenvalue weighted by Gasteiger charge is -2.08. The molecule has 5 heteroatoms. The van der Waals surface area contributed by atoms with Gasteiger partial charge in [0, 0.05) is 6.07 Å². The van der Waals surface area contributed by atoms with E-state index in [4.69, 9.17) is 14.2 Å². The van der Waals surface area contributed by atoms with Crippen LogP contribution in [0.2, 0.25) is 0 Å². The molecule has 0 fully saturated rings. The number of carbonyl (C=O) groups is 2. The number of rotatable bonds is 7. The van der Waals surface area contributed by atoms with E-state index in [1.54, 1.807) is 31.2 Å². The summed E-state index contributed by atoms with van der Waals surface area (Å²) < 4.78 is 16.0. The molecule has 0 atom stereocenters. The normalized spacial score (nSPS) is 14.0. The van der Waals surface area contributed by atoms with Gasteiger partial charge in [-0.2, -0.15) is 0 Å². The number of hydrogen-bond acceptors (Lipinski definition) is 5. The van der Waals surface area contributed by atoms with Crippen molar-refractivity contribution in [3.8, 4) is 11.5 Å². The second-order valence-corrected chi connectivity index (χ2v) is 6.11. The second-order valence-electron chi connectivity index (χ2n) is 6.11. The summed E-state index contributed by atoms with van der Waals surface area (Å²) in [5.41, 5.74) is 2.24. The van der Waals surface area contributed by atoms with E-state index in [0.29, 0.717) is 22.6 Å². The van der Waals surface area contributed by atoms with Gasteiger partial charge >= 0.3 is 5.97 Å². The van der Waals surface area contributed by atoms with Gasteiger partial charge < -0.3 is 14.2 Å². The van der Waals surface area contributed by atoms with Gasteiger partial charge in [0.1, 0.15) is 18.1 Å². The number of ketones is 1. The van der Waals surface area contributed by atoms with Gasteiger partial charge in [-0.15, -0.1) is 0 Å². The largest absolute Gasteiger partial charge is 0.482 e. The summed E-state index contributed by atoms with van der Waals surface area (Å²) in [4.78, 5) is 24.1. The minimum Gasteiger partial charge on any atom is -0.482 e. The van der Waals surface area contributed by atoms with Crippen LogP contribution < -0.4 is 9.47 Å². The number of carbonyl (C=O) groups excluding carboxylic acids is 2. The van der Waals surface area contributed by atoms with E-state index in [2.05, 4.69) is 6.58 Å². The predicted molar refractivity (Wildman–Crippen MR) is 106 cm³/mol. The first-order valence-corrected chi connectivity index (χ1v) is 8.78. The van der Waals surface area contributed by atoms with Crippen LogP contribution in [0.4, 0.5) is 0 Å². The van der Waals surface area contributed by atoms with E-state index in [9.17, 15) is 9.59 Å². The Kier molecular flexibility index (Phi) is 6.07. The highest BCUT2D eigenvalue weighted by Gasteiger charge is 2.29. The lowest BCUT2D eigenvalue weighted by atomic mass is 10.0. The van der Waals surface area contributed by atoms with Crippen molar-refractivity contribution >= 4 is 17.8 Å². The molecular formula is C23H20O5. The summed E-state index contributed by atoms with van der Waals surface area (Å²) in [5, 5.41) is 0. The molecule has 1 heterocycles. The smallest absolute Gasteiger partial charge is 0.344 e. The van der Waals surface area contributed by atoms with Crippen LogP contribution >= 0.6 is 0 Å². The van der Waals surface area contributed by atoms with E-state index in [1.165, 1.54) is 6.08 Å². The van der Waals surface area contributed by atoms with E-state index >= 15 is 0 Å². The second kappa shape index (κ2) is 8.86. The lowest BCUT2D eigenvalue weighted by Crippen LogP contribution is -2.14. The van der Waals surface area contributed by atoms with E-state index in [-0.39, 0.29) is 24.8 Å². The third kappa shape index (κ3) is 4.57. The molecule has 0 saturated heterocycles. The molecule has 0 bridgehead atoms. The number of Topliss-reactive ketones (excluding diaryl/α,β-unsaturated/α-hetero) is 1. The highest BCUT2D eigenvalue weighted by atomic mass is 16.6. The third-order valence-corrected chi connectivity index (χ3v) is 4.00. The molecule has 0 unspecified atom stereocenters. The highest BCUT2D eigenvalue weighted by molar-refractivity contribution is 6.13. The molecule has 5 nitrogen and oxygen atoms in total. The van der Waals surface area contributed by atoms with Gasteiger partial charge in [0.05, 0.1) is 5.56 Å². The maximum absolute atomic E-state index is 12.6. The fourth-order valence-electron chi connectivity index (χ4n) is 2.72. The van der Waals surface area contributed by atoms with Crippen LogP contribution in [0.25, 0.3) is 6.08 Å². The number of benzene rings is 2. The molecule has 2 aromatic rings. The molecule has 0 aromatic heterocycles. The fourth-order valence-corrected chi connectivity index (χ4v) is 2.72. The number of ether oxygens (including phenoxy) is 3. The first kappa shape index (κ1) is 19.2. The Bertz CT molecular complexity index is 954. The molecule has 0 spiro atoms. The van der Waals surface area contributed by atoms with Crippen molar-refractivity contribution in [3.63, 3.8) is 0 Å². The van der Waals surface area contributed by atoms with Gasteiger partial charge in [-0.1, -0.05) is 55.1 Å². The van der Waals surface area contributed by atoms with Crippen LogP contribution in [0.15, 0.2) is 73.0 Å². The molecule has 1 aliphatic heterocycles. The van der Waals surface area contributed by atoms with Crippen LogP contribution in [-0.2, 0) is 9.53 Å². The van der Waals surface area contributed by atoms with Crippen molar-refractivity contribution in [1.29, 1.82) is 0 Å². The Morgan fingerprint density at radius 2 is 2.00 bits per heavy atom. The quantitative estimate of drug-likeness (QED) is 0.410. The molecule has 0 N–H and O–H groups in total.